The van der Waals surface area contributed by atoms with Crippen molar-refractivity contribution in [2.24, 2.45) is 5.73 Å². The highest BCUT2D eigenvalue weighted by atomic mass is 16.5. The number of methoxy groups -OCH3 is 1. The third kappa shape index (κ3) is 3.95. The summed E-state index contributed by atoms with van der Waals surface area (Å²) in [6.07, 6.45) is 1.94. The van der Waals surface area contributed by atoms with Crippen molar-refractivity contribution < 1.29 is 14.3 Å². The summed E-state index contributed by atoms with van der Waals surface area (Å²) in [5.74, 6) is 0.667. The van der Waals surface area contributed by atoms with E-state index in [2.05, 4.69) is 0 Å². The number of hydrogen-bond donors (Lipinski definition) is 1. The number of carbonyl (C=O) groups excluding carboxylic acids is 1. The van der Waals surface area contributed by atoms with Crippen molar-refractivity contribution in [2.75, 3.05) is 33.4 Å². The van der Waals surface area contributed by atoms with Gasteiger partial charge in [-0.3, -0.25) is 4.79 Å². The van der Waals surface area contributed by atoms with Crippen LogP contribution in [0.1, 0.15) is 28.8 Å². The van der Waals surface area contributed by atoms with Crippen molar-refractivity contribution in [1.82, 2.24) is 4.90 Å². The lowest BCUT2D eigenvalue weighted by atomic mass is 10.0. The summed E-state index contributed by atoms with van der Waals surface area (Å²) < 4.78 is 10.9. The fraction of sp³-hybridized carbons (Fsp3) is 0.562. The van der Waals surface area contributed by atoms with Gasteiger partial charge in [-0.1, -0.05) is 11.6 Å². The summed E-state index contributed by atoms with van der Waals surface area (Å²) in [7, 11) is 1.59. The Hall–Kier alpha value is -1.59. The first-order valence-corrected chi connectivity index (χ1v) is 7.41. The van der Waals surface area contributed by atoms with E-state index in [0.29, 0.717) is 37.6 Å². The molecule has 0 radical (unpaired) electrons. The molecule has 0 atom stereocenters. The molecular formula is C16H24N2O3. The number of hydrogen-bond acceptors (Lipinski definition) is 4. The van der Waals surface area contributed by atoms with E-state index in [1.54, 1.807) is 7.11 Å². The molecule has 0 aliphatic carbocycles. The SMILES string of the molecule is COc1ccc(C)cc1C(=O)N1CCC(OCCN)CC1. The summed E-state index contributed by atoms with van der Waals surface area (Å²) in [4.78, 5) is 14.5. The van der Waals surface area contributed by atoms with E-state index in [9.17, 15) is 4.79 Å². The van der Waals surface area contributed by atoms with Gasteiger partial charge in [-0.05, 0) is 31.9 Å². The molecule has 0 aromatic heterocycles. The van der Waals surface area contributed by atoms with Crippen LogP contribution in [0, 0.1) is 6.92 Å². The molecule has 2 rings (SSSR count). The minimum absolute atomic E-state index is 0.0350. The van der Waals surface area contributed by atoms with E-state index in [1.807, 2.05) is 30.0 Å². The van der Waals surface area contributed by atoms with Gasteiger partial charge in [0, 0.05) is 19.6 Å². The van der Waals surface area contributed by atoms with Crippen LogP contribution in [0.5, 0.6) is 5.75 Å². The highest BCUT2D eigenvalue weighted by Crippen LogP contribution is 2.23. The maximum absolute atomic E-state index is 12.6. The zero-order valence-electron chi connectivity index (χ0n) is 12.8. The van der Waals surface area contributed by atoms with Gasteiger partial charge in [-0.25, -0.2) is 0 Å². The van der Waals surface area contributed by atoms with Crippen LogP contribution in [0.3, 0.4) is 0 Å². The first-order chi connectivity index (χ1) is 10.2. The van der Waals surface area contributed by atoms with Crippen molar-refractivity contribution in [2.45, 2.75) is 25.9 Å². The molecule has 1 aliphatic rings. The Kier molecular flexibility index (Phi) is 5.59. The molecule has 21 heavy (non-hydrogen) atoms. The highest BCUT2D eigenvalue weighted by molar-refractivity contribution is 5.97. The molecule has 0 saturated carbocycles. The molecule has 0 bridgehead atoms. The van der Waals surface area contributed by atoms with Crippen LogP contribution in [0.4, 0.5) is 0 Å². The van der Waals surface area contributed by atoms with Crippen LogP contribution in [-0.4, -0.2) is 50.3 Å². The second-order valence-electron chi connectivity index (χ2n) is 5.35. The normalized spacial score (nSPS) is 16.0. The van der Waals surface area contributed by atoms with Crippen LogP contribution in [0.2, 0.25) is 0 Å². The number of ether oxygens (including phenoxy) is 2. The average Bonchev–Trinajstić information content (AvgIpc) is 2.52. The van der Waals surface area contributed by atoms with Gasteiger partial charge >= 0.3 is 0 Å². The smallest absolute Gasteiger partial charge is 0.257 e. The Morgan fingerprint density at radius 2 is 2.10 bits per heavy atom. The topological polar surface area (TPSA) is 64.8 Å². The van der Waals surface area contributed by atoms with E-state index in [1.165, 1.54) is 0 Å². The summed E-state index contributed by atoms with van der Waals surface area (Å²) in [6, 6.07) is 5.68. The van der Waals surface area contributed by atoms with Gasteiger partial charge in [-0.15, -0.1) is 0 Å². The number of piperidine rings is 1. The van der Waals surface area contributed by atoms with Gasteiger partial charge < -0.3 is 20.1 Å². The molecule has 0 unspecified atom stereocenters. The first kappa shape index (κ1) is 15.8. The molecule has 1 amide bonds. The van der Waals surface area contributed by atoms with Gasteiger partial charge in [0.25, 0.3) is 5.91 Å². The number of likely N-dealkylation sites (tertiary alicyclic amines) is 1. The van der Waals surface area contributed by atoms with Crippen LogP contribution < -0.4 is 10.5 Å². The molecule has 1 aromatic carbocycles. The van der Waals surface area contributed by atoms with E-state index in [4.69, 9.17) is 15.2 Å². The zero-order chi connectivity index (χ0) is 15.2. The Morgan fingerprint density at radius 3 is 2.71 bits per heavy atom. The third-order valence-electron chi connectivity index (χ3n) is 3.79. The summed E-state index contributed by atoms with van der Waals surface area (Å²) >= 11 is 0. The minimum atomic E-state index is 0.0350. The largest absolute Gasteiger partial charge is 0.496 e. The molecule has 116 valence electrons. The highest BCUT2D eigenvalue weighted by Gasteiger charge is 2.25. The molecular weight excluding hydrogens is 268 g/mol. The summed E-state index contributed by atoms with van der Waals surface area (Å²) in [5.41, 5.74) is 7.13. The predicted molar refractivity (Wildman–Crippen MR) is 81.7 cm³/mol. The van der Waals surface area contributed by atoms with Crippen LogP contribution >= 0.6 is 0 Å². The molecule has 5 nitrogen and oxygen atoms in total. The lowest BCUT2D eigenvalue weighted by Gasteiger charge is -2.32. The van der Waals surface area contributed by atoms with E-state index in [0.717, 1.165) is 18.4 Å². The lowest BCUT2D eigenvalue weighted by molar-refractivity contribution is 0.0121. The number of carbonyl (C=O) groups is 1. The van der Waals surface area contributed by atoms with Gasteiger partial charge in [0.15, 0.2) is 0 Å². The monoisotopic (exact) mass is 292 g/mol. The maximum atomic E-state index is 12.6. The van der Waals surface area contributed by atoms with Crippen LogP contribution in [0.15, 0.2) is 18.2 Å². The summed E-state index contributed by atoms with van der Waals surface area (Å²) in [6.45, 7) is 4.53. The van der Waals surface area contributed by atoms with E-state index < -0.39 is 0 Å². The Bertz CT molecular complexity index is 482. The second kappa shape index (κ2) is 7.43. The van der Waals surface area contributed by atoms with E-state index >= 15 is 0 Å². The fourth-order valence-corrected chi connectivity index (χ4v) is 2.62. The molecule has 0 spiro atoms. The van der Waals surface area contributed by atoms with Gasteiger partial charge in [0.2, 0.25) is 0 Å². The molecule has 1 aliphatic heterocycles. The number of aryl methyl sites for hydroxylation is 1. The standard InChI is InChI=1S/C16H24N2O3/c1-12-3-4-15(20-2)14(11-12)16(19)18-8-5-13(6-9-18)21-10-7-17/h3-4,11,13H,5-10,17H2,1-2H3. The summed E-state index contributed by atoms with van der Waals surface area (Å²) in [5, 5.41) is 0. The van der Waals surface area contributed by atoms with E-state index in [-0.39, 0.29) is 12.0 Å². The molecule has 2 N–H and O–H groups in total. The van der Waals surface area contributed by atoms with Crippen LogP contribution in [-0.2, 0) is 4.74 Å². The number of benzene rings is 1. The molecule has 1 fully saturated rings. The lowest BCUT2D eigenvalue weighted by Crippen LogP contribution is -2.41. The predicted octanol–water partition coefficient (Wildman–Crippen LogP) is 1.58. The van der Waals surface area contributed by atoms with Crippen molar-refractivity contribution >= 4 is 5.91 Å². The van der Waals surface area contributed by atoms with Crippen LogP contribution in [0.25, 0.3) is 0 Å². The van der Waals surface area contributed by atoms with Gasteiger partial charge in [0.1, 0.15) is 5.75 Å². The third-order valence-corrected chi connectivity index (χ3v) is 3.79. The zero-order valence-corrected chi connectivity index (χ0v) is 12.8. The Labute approximate surface area is 126 Å². The number of nitrogens with zero attached hydrogens (tertiary/aromatic N) is 1. The molecule has 1 heterocycles. The number of amides is 1. The Morgan fingerprint density at radius 1 is 1.38 bits per heavy atom. The number of rotatable bonds is 5. The van der Waals surface area contributed by atoms with Crippen molar-refractivity contribution in [3.8, 4) is 5.75 Å². The average molecular weight is 292 g/mol. The molecule has 1 aromatic rings. The quantitative estimate of drug-likeness (QED) is 0.895. The fourth-order valence-electron chi connectivity index (χ4n) is 2.62. The second-order valence-corrected chi connectivity index (χ2v) is 5.35. The van der Waals surface area contributed by atoms with Gasteiger partial charge in [-0.2, -0.15) is 0 Å². The van der Waals surface area contributed by atoms with Crippen molar-refractivity contribution in [3.05, 3.63) is 29.3 Å². The molecule has 5 heteroatoms. The maximum Gasteiger partial charge on any atom is 0.257 e. The Balaban J connectivity index is 2.00. The van der Waals surface area contributed by atoms with Gasteiger partial charge in [0.05, 0.1) is 25.4 Å². The minimum Gasteiger partial charge on any atom is -0.496 e. The van der Waals surface area contributed by atoms with Crippen molar-refractivity contribution in [3.63, 3.8) is 0 Å². The number of nitrogens with two attached hydrogens (primary N) is 1. The first-order valence-electron chi connectivity index (χ1n) is 7.41. The molecule has 1 saturated heterocycles. The van der Waals surface area contributed by atoms with Crippen molar-refractivity contribution in [1.29, 1.82) is 0 Å².